The van der Waals surface area contributed by atoms with Crippen LogP contribution in [0.15, 0.2) is 18.3 Å². The lowest BCUT2D eigenvalue weighted by Crippen LogP contribution is -2.55. The number of piperazine rings is 1. The van der Waals surface area contributed by atoms with Gasteiger partial charge in [0.1, 0.15) is 0 Å². The number of hydrogen-bond donors (Lipinski definition) is 0. The Morgan fingerprint density at radius 2 is 1.73 bits per heavy atom. The number of carbonyl (C=O) groups excluding carboxylic acids is 1. The Morgan fingerprint density at radius 3 is 2.53 bits per heavy atom. The number of hydrogen-bond acceptors (Lipinski definition) is 5. The van der Waals surface area contributed by atoms with Crippen LogP contribution in [0, 0.1) is 5.92 Å². The molecule has 1 atom stereocenters. The highest BCUT2D eigenvalue weighted by Crippen LogP contribution is 2.27. The lowest BCUT2D eigenvalue weighted by Gasteiger charge is -2.42. The molecule has 3 aliphatic rings. The van der Waals surface area contributed by atoms with E-state index < -0.39 is 0 Å². The Balaban J connectivity index is 1.21. The first-order valence-electron chi connectivity index (χ1n) is 11.5. The molecular formula is C22H31ClN6O. The number of carbonyl (C=O) groups is 1. The summed E-state index contributed by atoms with van der Waals surface area (Å²) in [5.41, 5.74) is 0.779. The van der Waals surface area contributed by atoms with Crippen LogP contribution in [-0.4, -0.2) is 75.6 Å². The standard InChI is InChI=1S/C22H31ClN6O/c23-18-8-9-20-24-25-22(29(20)16-18)28-10-4-5-17(15-28)21(30)27-13-11-26(12-14-27)19-6-2-1-3-7-19/h8-9,16-17,19H,1-7,10-15H2/t17-/m0/s1. The number of piperidine rings is 1. The number of halogens is 1. The molecule has 0 aromatic carbocycles. The van der Waals surface area contributed by atoms with Gasteiger partial charge in [0.05, 0.1) is 10.9 Å². The van der Waals surface area contributed by atoms with Crippen molar-refractivity contribution in [1.29, 1.82) is 0 Å². The van der Waals surface area contributed by atoms with Crippen LogP contribution in [0.25, 0.3) is 5.65 Å². The van der Waals surface area contributed by atoms with Crippen molar-refractivity contribution < 1.29 is 4.79 Å². The van der Waals surface area contributed by atoms with Gasteiger partial charge >= 0.3 is 0 Å². The lowest BCUT2D eigenvalue weighted by atomic mass is 9.93. The van der Waals surface area contributed by atoms with Gasteiger partial charge in [-0.1, -0.05) is 30.9 Å². The normalized spacial score (nSPS) is 24.5. The summed E-state index contributed by atoms with van der Waals surface area (Å²) in [6.07, 6.45) is 10.6. The summed E-state index contributed by atoms with van der Waals surface area (Å²) in [5.74, 6) is 1.13. The van der Waals surface area contributed by atoms with E-state index in [2.05, 4.69) is 24.9 Å². The first-order chi connectivity index (χ1) is 14.7. The summed E-state index contributed by atoms with van der Waals surface area (Å²) < 4.78 is 1.93. The molecule has 1 saturated carbocycles. The molecule has 0 spiro atoms. The summed E-state index contributed by atoms with van der Waals surface area (Å²) in [6, 6.07) is 4.44. The van der Waals surface area contributed by atoms with E-state index in [1.54, 1.807) is 0 Å². The van der Waals surface area contributed by atoms with Gasteiger partial charge in [0, 0.05) is 51.5 Å². The maximum Gasteiger partial charge on any atom is 0.231 e. The molecule has 0 radical (unpaired) electrons. The van der Waals surface area contributed by atoms with E-state index in [1.807, 2.05) is 22.7 Å². The lowest BCUT2D eigenvalue weighted by molar-refractivity contribution is -0.138. The van der Waals surface area contributed by atoms with Gasteiger partial charge in [-0.25, -0.2) is 0 Å². The fourth-order valence-corrected chi connectivity index (χ4v) is 5.60. The number of rotatable bonds is 3. The van der Waals surface area contributed by atoms with E-state index in [-0.39, 0.29) is 5.92 Å². The van der Waals surface area contributed by atoms with Crippen molar-refractivity contribution in [2.45, 2.75) is 51.0 Å². The topological polar surface area (TPSA) is 57.0 Å². The molecule has 0 unspecified atom stereocenters. The second-order valence-electron chi connectivity index (χ2n) is 9.01. The molecule has 3 fully saturated rings. The number of fused-ring (bicyclic) bond motifs is 1. The van der Waals surface area contributed by atoms with Gasteiger partial charge in [-0.15, -0.1) is 10.2 Å². The fraction of sp³-hybridized carbons (Fsp3) is 0.682. The first-order valence-corrected chi connectivity index (χ1v) is 11.8. The van der Waals surface area contributed by atoms with Crippen LogP contribution in [0.4, 0.5) is 5.95 Å². The Morgan fingerprint density at radius 1 is 0.933 bits per heavy atom. The van der Waals surface area contributed by atoms with Crippen molar-refractivity contribution in [3.8, 4) is 0 Å². The molecule has 162 valence electrons. The predicted molar refractivity (Wildman–Crippen MR) is 118 cm³/mol. The SMILES string of the molecule is O=C([C@H]1CCCN(c2nnc3ccc(Cl)cn23)C1)N1CCN(C2CCCCC2)CC1. The maximum absolute atomic E-state index is 13.3. The Kier molecular flexibility index (Phi) is 5.83. The van der Waals surface area contributed by atoms with Crippen molar-refractivity contribution >= 4 is 29.1 Å². The third-order valence-electron chi connectivity index (χ3n) is 7.12. The smallest absolute Gasteiger partial charge is 0.231 e. The molecule has 30 heavy (non-hydrogen) atoms. The molecular weight excluding hydrogens is 400 g/mol. The van der Waals surface area contributed by atoms with Crippen LogP contribution in [-0.2, 0) is 4.79 Å². The van der Waals surface area contributed by atoms with Crippen molar-refractivity contribution in [2.24, 2.45) is 5.92 Å². The number of amides is 1. The zero-order valence-corrected chi connectivity index (χ0v) is 18.3. The van der Waals surface area contributed by atoms with E-state index >= 15 is 0 Å². The Labute approximate surface area is 183 Å². The average molecular weight is 431 g/mol. The molecule has 2 aliphatic heterocycles. The third-order valence-corrected chi connectivity index (χ3v) is 7.34. The Bertz CT molecular complexity index is 887. The summed E-state index contributed by atoms with van der Waals surface area (Å²) in [4.78, 5) is 20.2. The highest BCUT2D eigenvalue weighted by Gasteiger charge is 2.33. The second kappa shape index (κ2) is 8.71. The molecule has 8 heteroatoms. The summed E-state index contributed by atoms with van der Waals surface area (Å²) in [7, 11) is 0. The van der Waals surface area contributed by atoms with Crippen LogP contribution in [0.2, 0.25) is 5.02 Å². The van der Waals surface area contributed by atoms with Gasteiger partial charge in [0.25, 0.3) is 0 Å². The molecule has 5 rings (SSSR count). The zero-order valence-electron chi connectivity index (χ0n) is 17.5. The third kappa shape index (κ3) is 4.02. The molecule has 1 aliphatic carbocycles. The number of anilines is 1. The van der Waals surface area contributed by atoms with E-state index in [4.69, 9.17) is 11.6 Å². The van der Waals surface area contributed by atoms with Crippen molar-refractivity contribution in [1.82, 2.24) is 24.4 Å². The molecule has 0 bridgehead atoms. The van der Waals surface area contributed by atoms with Crippen LogP contribution in [0.3, 0.4) is 0 Å². The van der Waals surface area contributed by atoms with Crippen molar-refractivity contribution in [2.75, 3.05) is 44.2 Å². The minimum Gasteiger partial charge on any atom is -0.340 e. The quantitative estimate of drug-likeness (QED) is 0.749. The highest BCUT2D eigenvalue weighted by molar-refractivity contribution is 6.30. The molecule has 2 saturated heterocycles. The minimum atomic E-state index is 0.0338. The van der Waals surface area contributed by atoms with Crippen LogP contribution in [0.1, 0.15) is 44.9 Å². The first kappa shape index (κ1) is 20.1. The summed E-state index contributed by atoms with van der Waals surface area (Å²) >= 11 is 6.18. The maximum atomic E-state index is 13.3. The van der Waals surface area contributed by atoms with Gasteiger partial charge < -0.3 is 9.80 Å². The van der Waals surface area contributed by atoms with Gasteiger partial charge in [-0.3, -0.25) is 14.1 Å². The van der Waals surface area contributed by atoms with Crippen LogP contribution in [0.5, 0.6) is 0 Å². The van der Waals surface area contributed by atoms with Gasteiger partial charge in [-0.2, -0.15) is 0 Å². The van der Waals surface area contributed by atoms with E-state index in [1.165, 1.54) is 32.1 Å². The van der Waals surface area contributed by atoms with Gasteiger partial charge in [0.2, 0.25) is 11.9 Å². The summed E-state index contributed by atoms with van der Waals surface area (Å²) in [6.45, 7) is 5.40. The monoisotopic (exact) mass is 430 g/mol. The highest BCUT2D eigenvalue weighted by atomic mass is 35.5. The second-order valence-corrected chi connectivity index (χ2v) is 9.45. The number of pyridine rings is 1. The average Bonchev–Trinajstić information content (AvgIpc) is 3.22. The minimum absolute atomic E-state index is 0.0338. The molecule has 2 aromatic heterocycles. The molecule has 1 amide bonds. The number of aromatic nitrogens is 3. The molecule has 0 N–H and O–H groups in total. The Hall–Kier alpha value is -1.86. The summed E-state index contributed by atoms with van der Waals surface area (Å²) in [5, 5.41) is 9.29. The van der Waals surface area contributed by atoms with Crippen molar-refractivity contribution in [3.05, 3.63) is 23.4 Å². The van der Waals surface area contributed by atoms with Gasteiger partial charge in [0.15, 0.2) is 5.65 Å². The van der Waals surface area contributed by atoms with E-state index in [0.717, 1.165) is 63.2 Å². The van der Waals surface area contributed by atoms with E-state index in [9.17, 15) is 4.79 Å². The van der Waals surface area contributed by atoms with Crippen molar-refractivity contribution in [3.63, 3.8) is 0 Å². The number of nitrogens with zero attached hydrogens (tertiary/aromatic N) is 6. The molecule has 7 nitrogen and oxygen atoms in total. The molecule has 2 aromatic rings. The largest absolute Gasteiger partial charge is 0.340 e. The van der Waals surface area contributed by atoms with E-state index in [0.29, 0.717) is 17.5 Å². The van der Waals surface area contributed by atoms with Gasteiger partial charge in [-0.05, 0) is 37.8 Å². The molecule has 4 heterocycles. The fourth-order valence-electron chi connectivity index (χ4n) is 5.44. The van der Waals surface area contributed by atoms with Crippen LogP contribution < -0.4 is 4.90 Å². The van der Waals surface area contributed by atoms with Crippen LogP contribution >= 0.6 is 11.6 Å². The zero-order chi connectivity index (χ0) is 20.5. The predicted octanol–water partition coefficient (Wildman–Crippen LogP) is 3.08.